The molecule has 1 unspecified atom stereocenters. The SMILES string of the molecule is Cc1cn(C)c(C2CCCN2C(=O)c2cc(=O)c3ccccc3o2)n1. The largest absolute Gasteiger partial charge is 0.451 e. The predicted molar refractivity (Wildman–Crippen MR) is 93.4 cm³/mol. The van der Waals surface area contributed by atoms with Crippen molar-refractivity contribution in [1.82, 2.24) is 14.5 Å². The Morgan fingerprint density at radius 1 is 1.32 bits per heavy atom. The van der Waals surface area contributed by atoms with Crippen molar-refractivity contribution in [3.05, 3.63) is 64.0 Å². The summed E-state index contributed by atoms with van der Waals surface area (Å²) in [6, 6.07) is 8.17. The lowest BCUT2D eigenvalue weighted by molar-refractivity contribution is 0.0696. The molecule has 1 aliphatic rings. The predicted octanol–water partition coefficient (Wildman–Crippen LogP) is 2.81. The Labute approximate surface area is 144 Å². The quantitative estimate of drug-likeness (QED) is 0.721. The lowest BCUT2D eigenvalue weighted by atomic mass is 10.2. The number of likely N-dealkylation sites (tertiary alicyclic amines) is 1. The van der Waals surface area contributed by atoms with Gasteiger partial charge in [0.25, 0.3) is 5.91 Å². The minimum atomic E-state index is -0.258. The van der Waals surface area contributed by atoms with E-state index in [4.69, 9.17) is 4.42 Å². The van der Waals surface area contributed by atoms with Crippen LogP contribution in [0.2, 0.25) is 0 Å². The number of para-hydroxylation sites is 1. The molecule has 4 rings (SSSR count). The first kappa shape index (κ1) is 15.6. The molecule has 6 nitrogen and oxygen atoms in total. The van der Waals surface area contributed by atoms with Crippen LogP contribution < -0.4 is 5.43 Å². The Morgan fingerprint density at radius 2 is 2.12 bits per heavy atom. The van der Waals surface area contributed by atoms with Gasteiger partial charge in [0.1, 0.15) is 11.4 Å². The average molecular weight is 337 g/mol. The van der Waals surface area contributed by atoms with Gasteiger partial charge in [0.05, 0.1) is 17.1 Å². The van der Waals surface area contributed by atoms with E-state index in [2.05, 4.69) is 4.98 Å². The maximum atomic E-state index is 13.0. The molecular formula is C19H19N3O3. The van der Waals surface area contributed by atoms with Gasteiger partial charge in [-0.15, -0.1) is 0 Å². The lowest BCUT2D eigenvalue weighted by Crippen LogP contribution is -2.32. The second kappa shape index (κ2) is 5.88. The molecule has 6 heteroatoms. The maximum Gasteiger partial charge on any atom is 0.290 e. The van der Waals surface area contributed by atoms with Gasteiger partial charge in [0.15, 0.2) is 11.2 Å². The number of rotatable bonds is 2. The standard InChI is InChI=1S/C19H19N3O3/c1-12-11-21(2)18(20-12)14-7-5-9-22(14)19(24)17-10-15(23)13-6-3-4-8-16(13)25-17/h3-4,6,8,10-11,14H,5,7,9H2,1-2H3. The fourth-order valence-corrected chi connectivity index (χ4v) is 3.57. The van der Waals surface area contributed by atoms with E-state index in [1.54, 1.807) is 29.2 Å². The summed E-state index contributed by atoms with van der Waals surface area (Å²) in [6.07, 6.45) is 3.71. The van der Waals surface area contributed by atoms with Crippen LogP contribution in [0.15, 0.2) is 45.7 Å². The Hall–Kier alpha value is -2.89. The van der Waals surface area contributed by atoms with Crippen LogP contribution in [0.1, 0.15) is 41.0 Å². The first-order chi connectivity index (χ1) is 12.0. The molecular weight excluding hydrogens is 318 g/mol. The highest BCUT2D eigenvalue weighted by Crippen LogP contribution is 2.32. The third kappa shape index (κ3) is 2.63. The molecule has 0 aliphatic carbocycles. The third-order valence-corrected chi connectivity index (χ3v) is 4.69. The highest BCUT2D eigenvalue weighted by Gasteiger charge is 2.34. The Kier molecular flexibility index (Phi) is 3.67. The highest BCUT2D eigenvalue weighted by molar-refractivity contribution is 5.93. The monoisotopic (exact) mass is 337 g/mol. The normalized spacial score (nSPS) is 17.4. The molecule has 0 bridgehead atoms. The van der Waals surface area contributed by atoms with Crippen LogP contribution >= 0.6 is 0 Å². The number of carbonyl (C=O) groups is 1. The lowest BCUT2D eigenvalue weighted by Gasteiger charge is -2.23. The van der Waals surface area contributed by atoms with Crippen molar-refractivity contribution in [2.24, 2.45) is 7.05 Å². The van der Waals surface area contributed by atoms with Gasteiger partial charge in [-0.25, -0.2) is 4.98 Å². The van der Waals surface area contributed by atoms with E-state index in [1.165, 1.54) is 6.07 Å². The van der Waals surface area contributed by atoms with Crippen molar-refractivity contribution >= 4 is 16.9 Å². The van der Waals surface area contributed by atoms with E-state index in [9.17, 15) is 9.59 Å². The fourth-order valence-electron chi connectivity index (χ4n) is 3.57. The zero-order valence-electron chi connectivity index (χ0n) is 14.2. The minimum Gasteiger partial charge on any atom is -0.451 e. The van der Waals surface area contributed by atoms with E-state index < -0.39 is 0 Å². The summed E-state index contributed by atoms with van der Waals surface area (Å²) in [6.45, 7) is 2.57. The average Bonchev–Trinajstić information content (AvgIpc) is 3.20. The summed E-state index contributed by atoms with van der Waals surface area (Å²) in [7, 11) is 1.94. The zero-order valence-corrected chi connectivity index (χ0v) is 14.2. The number of amides is 1. The van der Waals surface area contributed by atoms with Crippen LogP contribution in [0, 0.1) is 6.92 Å². The van der Waals surface area contributed by atoms with Crippen molar-refractivity contribution in [2.75, 3.05) is 6.54 Å². The van der Waals surface area contributed by atoms with Crippen LogP contribution in [-0.2, 0) is 7.05 Å². The van der Waals surface area contributed by atoms with Crippen LogP contribution in [0.3, 0.4) is 0 Å². The van der Waals surface area contributed by atoms with Gasteiger partial charge < -0.3 is 13.9 Å². The summed E-state index contributed by atoms with van der Waals surface area (Å²) in [5.41, 5.74) is 1.16. The summed E-state index contributed by atoms with van der Waals surface area (Å²) < 4.78 is 7.68. The van der Waals surface area contributed by atoms with E-state index in [-0.39, 0.29) is 23.1 Å². The number of benzene rings is 1. The van der Waals surface area contributed by atoms with Crippen molar-refractivity contribution in [3.63, 3.8) is 0 Å². The number of carbonyl (C=O) groups excluding carboxylic acids is 1. The summed E-state index contributed by atoms with van der Waals surface area (Å²) in [5, 5.41) is 0.483. The van der Waals surface area contributed by atoms with Crippen LogP contribution in [0.25, 0.3) is 11.0 Å². The van der Waals surface area contributed by atoms with Gasteiger partial charge in [-0.1, -0.05) is 12.1 Å². The molecule has 3 aromatic rings. The van der Waals surface area contributed by atoms with Gasteiger partial charge in [0, 0.05) is 25.9 Å². The third-order valence-electron chi connectivity index (χ3n) is 4.69. The Bertz CT molecular complexity index is 1020. The highest BCUT2D eigenvalue weighted by atomic mass is 16.3. The van der Waals surface area contributed by atoms with E-state index in [0.717, 1.165) is 24.4 Å². The van der Waals surface area contributed by atoms with Gasteiger partial charge in [-0.3, -0.25) is 9.59 Å². The van der Waals surface area contributed by atoms with Gasteiger partial charge >= 0.3 is 0 Å². The summed E-state index contributed by atoms with van der Waals surface area (Å²) in [5.74, 6) is 0.694. The molecule has 1 aliphatic heterocycles. The van der Waals surface area contributed by atoms with Crippen LogP contribution in [0.4, 0.5) is 0 Å². The number of hydrogen-bond acceptors (Lipinski definition) is 4. The molecule has 0 N–H and O–H groups in total. The van der Waals surface area contributed by atoms with Crippen molar-refractivity contribution in [1.29, 1.82) is 0 Å². The van der Waals surface area contributed by atoms with Gasteiger partial charge in [0.2, 0.25) is 0 Å². The number of nitrogens with zero attached hydrogens (tertiary/aromatic N) is 3. The number of imidazole rings is 1. The number of fused-ring (bicyclic) bond motifs is 1. The fraction of sp³-hybridized carbons (Fsp3) is 0.316. The molecule has 1 saturated heterocycles. The topological polar surface area (TPSA) is 68.3 Å². The summed E-state index contributed by atoms with van der Waals surface area (Å²) >= 11 is 0. The van der Waals surface area contributed by atoms with Gasteiger partial charge in [-0.05, 0) is 31.9 Å². The second-order valence-electron chi connectivity index (χ2n) is 6.48. The molecule has 1 amide bonds. The molecule has 2 aromatic heterocycles. The van der Waals surface area contributed by atoms with E-state index >= 15 is 0 Å². The maximum absolute atomic E-state index is 13.0. The molecule has 1 atom stereocenters. The van der Waals surface area contributed by atoms with Crippen molar-refractivity contribution in [2.45, 2.75) is 25.8 Å². The molecule has 0 spiro atoms. The molecule has 0 radical (unpaired) electrons. The number of hydrogen-bond donors (Lipinski definition) is 0. The van der Waals surface area contributed by atoms with Crippen LogP contribution in [-0.4, -0.2) is 26.9 Å². The van der Waals surface area contributed by atoms with Crippen molar-refractivity contribution in [3.8, 4) is 0 Å². The Balaban J connectivity index is 1.73. The van der Waals surface area contributed by atoms with Crippen molar-refractivity contribution < 1.29 is 9.21 Å². The van der Waals surface area contributed by atoms with Gasteiger partial charge in [-0.2, -0.15) is 0 Å². The van der Waals surface area contributed by atoms with Crippen LogP contribution in [0.5, 0.6) is 0 Å². The zero-order chi connectivity index (χ0) is 17.6. The van der Waals surface area contributed by atoms with E-state index in [0.29, 0.717) is 17.5 Å². The smallest absolute Gasteiger partial charge is 0.290 e. The first-order valence-electron chi connectivity index (χ1n) is 8.38. The minimum absolute atomic E-state index is 0.0848. The molecule has 1 aromatic carbocycles. The molecule has 25 heavy (non-hydrogen) atoms. The van der Waals surface area contributed by atoms with E-state index in [1.807, 2.05) is 24.7 Å². The number of aromatic nitrogens is 2. The molecule has 128 valence electrons. The molecule has 3 heterocycles. The first-order valence-corrected chi connectivity index (χ1v) is 8.38. The summed E-state index contributed by atoms with van der Waals surface area (Å²) in [4.78, 5) is 31.6. The number of aryl methyl sites for hydroxylation is 2. The Morgan fingerprint density at radius 3 is 2.88 bits per heavy atom. The second-order valence-corrected chi connectivity index (χ2v) is 6.48. The molecule has 1 fully saturated rings. The molecule has 0 saturated carbocycles.